The molecule has 0 atom stereocenters. The summed E-state index contributed by atoms with van der Waals surface area (Å²) >= 11 is 0. The minimum Gasteiger partial charge on any atom is -0.338 e. The van der Waals surface area contributed by atoms with Gasteiger partial charge in [0, 0.05) is 13.1 Å². The van der Waals surface area contributed by atoms with Crippen LogP contribution < -0.4 is 0 Å². The highest BCUT2D eigenvalue weighted by atomic mass is 19.3. The zero-order valence-electron chi connectivity index (χ0n) is 8.67. The van der Waals surface area contributed by atoms with Crippen LogP contribution in [-0.2, 0) is 4.79 Å². The predicted octanol–water partition coefficient (Wildman–Crippen LogP) is 2.29. The van der Waals surface area contributed by atoms with Crippen LogP contribution in [0.3, 0.4) is 0 Å². The summed E-state index contributed by atoms with van der Waals surface area (Å²) in [6.45, 7) is 2.16. The predicted molar refractivity (Wildman–Crippen MR) is 50.2 cm³/mol. The molecule has 82 valence electrons. The zero-order chi connectivity index (χ0) is 10.7. The Morgan fingerprint density at radius 2 is 1.79 bits per heavy atom. The highest BCUT2D eigenvalue weighted by Gasteiger charge is 2.28. The Morgan fingerprint density at radius 1 is 1.29 bits per heavy atom. The first-order valence-electron chi connectivity index (χ1n) is 5.07. The molecule has 0 unspecified atom stereocenters. The van der Waals surface area contributed by atoms with Gasteiger partial charge in [-0.1, -0.05) is 6.92 Å². The molecule has 0 heterocycles. The third kappa shape index (κ3) is 2.66. The lowest BCUT2D eigenvalue weighted by molar-refractivity contribution is -0.144. The summed E-state index contributed by atoms with van der Waals surface area (Å²) in [5.41, 5.74) is 0. The van der Waals surface area contributed by atoms with Crippen LogP contribution in [0.25, 0.3) is 0 Å². The first kappa shape index (κ1) is 11.4. The Kier molecular flexibility index (Phi) is 3.84. The van der Waals surface area contributed by atoms with Crippen LogP contribution in [-0.4, -0.2) is 30.3 Å². The van der Waals surface area contributed by atoms with Crippen molar-refractivity contribution in [3.63, 3.8) is 0 Å². The maximum atomic E-state index is 12.1. The van der Waals surface area contributed by atoms with E-state index in [2.05, 4.69) is 6.92 Å². The number of nitrogens with zero attached hydrogens (tertiary/aromatic N) is 1. The topological polar surface area (TPSA) is 20.3 Å². The number of rotatable bonds is 2. The van der Waals surface area contributed by atoms with Crippen molar-refractivity contribution in [2.45, 2.75) is 45.1 Å². The lowest BCUT2D eigenvalue weighted by Crippen LogP contribution is -2.42. The van der Waals surface area contributed by atoms with Gasteiger partial charge in [0.2, 0.25) is 0 Å². The fraction of sp³-hybridized carbons (Fsp3) is 0.900. The third-order valence-electron chi connectivity index (χ3n) is 3.07. The van der Waals surface area contributed by atoms with Gasteiger partial charge in [-0.25, -0.2) is 0 Å². The molecule has 0 aromatic rings. The van der Waals surface area contributed by atoms with Gasteiger partial charge in [0.05, 0.1) is 0 Å². The van der Waals surface area contributed by atoms with E-state index in [0.717, 1.165) is 25.7 Å². The summed E-state index contributed by atoms with van der Waals surface area (Å²) in [5, 5.41) is 0. The van der Waals surface area contributed by atoms with Gasteiger partial charge < -0.3 is 4.90 Å². The second-order valence-electron chi connectivity index (χ2n) is 4.16. The van der Waals surface area contributed by atoms with Crippen molar-refractivity contribution in [1.29, 1.82) is 0 Å². The van der Waals surface area contributed by atoms with Gasteiger partial charge in [0.15, 0.2) is 0 Å². The van der Waals surface area contributed by atoms with Gasteiger partial charge in [-0.3, -0.25) is 4.79 Å². The summed E-state index contributed by atoms with van der Waals surface area (Å²) in [6.07, 6.45) is 0.919. The number of carbonyl (C=O) groups excluding carboxylic acids is 1. The molecule has 0 N–H and O–H groups in total. The smallest absolute Gasteiger partial charge is 0.315 e. The summed E-state index contributed by atoms with van der Waals surface area (Å²) in [7, 11) is 1.48. The van der Waals surface area contributed by atoms with E-state index in [9.17, 15) is 13.6 Å². The molecule has 0 aromatic heterocycles. The number of hydrogen-bond acceptors (Lipinski definition) is 1. The Bertz CT molecular complexity index is 200. The average molecular weight is 205 g/mol. The molecule has 0 radical (unpaired) electrons. The molecule has 1 aliphatic carbocycles. The monoisotopic (exact) mass is 205 g/mol. The van der Waals surface area contributed by atoms with Crippen LogP contribution >= 0.6 is 0 Å². The summed E-state index contributed by atoms with van der Waals surface area (Å²) in [5.74, 6) is -0.370. The van der Waals surface area contributed by atoms with E-state index in [1.807, 2.05) is 0 Å². The van der Waals surface area contributed by atoms with Gasteiger partial charge in [-0.05, 0) is 31.6 Å². The first-order chi connectivity index (χ1) is 6.52. The number of alkyl halides is 2. The highest BCUT2D eigenvalue weighted by Crippen LogP contribution is 2.26. The van der Waals surface area contributed by atoms with E-state index in [4.69, 9.17) is 0 Å². The second-order valence-corrected chi connectivity index (χ2v) is 4.16. The van der Waals surface area contributed by atoms with Crippen molar-refractivity contribution in [1.82, 2.24) is 4.90 Å². The van der Waals surface area contributed by atoms with Crippen molar-refractivity contribution in [2.75, 3.05) is 7.05 Å². The van der Waals surface area contributed by atoms with Crippen molar-refractivity contribution in [3.05, 3.63) is 0 Å². The van der Waals surface area contributed by atoms with E-state index in [1.54, 1.807) is 0 Å². The Hall–Kier alpha value is -0.670. The fourth-order valence-electron chi connectivity index (χ4n) is 1.96. The minimum absolute atomic E-state index is 0.0210. The molecule has 0 bridgehead atoms. The van der Waals surface area contributed by atoms with E-state index < -0.39 is 12.3 Å². The van der Waals surface area contributed by atoms with E-state index >= 15 is 0 Å². The lowest BCUT2D eigenvalue weighted by Gasteiger charge is -2.33. The third-order valence-corrected chi connectivity index (χ3v) is 3.07. The molecule has 2 nitrogen and oxygen atoms in total. The molecule has 1 fully saturated rings. The van der Waals surface area contributed by atoms with Gasteiger partial charge >= 0.3 is 6.43 Å². The SMILES string of the molecule is CC1CCC(N(C)C(=O)C(F)F)CC1. The fourth-order valence-corrected chi connectivity index (χ4v) is 1.96. The largest absolute Gasteiger partial charge is 0.338 e. The molecule has 0 aromatic carbocycles. The molecule has 0 aliphatic heterocycles. The normalized spacial score (nSPS) is 27.8. The van der Waals surface area contributed by atoms with E-state index in [0.29, 0.717) is 5.92 Å². The van der Waals surface area contributed by atoms with Crippen molar-refractivity contribution >= 4 is 5.91 Å². The molecular formula is C10H17F2NO. The van der Waals surface area contributed by atoms with Crippen LogP contribution in [0.5, 0.6) is 0 Å². The van der Waals surface area contributed by atoms with Crippen LogP contribution in [0.1, 0.15) is 32.6 Å². The van der Waals surface area contributed by atoms with Crippen LogP contribution in [0.15, 0.2) is 0 Å². The number of halogens is 2. The van der Waals surface area contributed by atoms with Crippen molar-refractivity contribution < 1.29 is 13.6 Å². The van der Waals surface area contributed by atoms with Crippen LogP contribution in [0.2, 0.25) is 0 Å². The Balaban J connectivity index is 2.45. The molecule has 1 saturated carbocycles. The average Bonchev–Trinajstić information content (AvgIpc) is 2.16. The van der Waals surface area contributed by atoms with Crippen LogP contribution in [0, 0.1) is 5.92 Å². The minimum atomic E-state index is -2.86. The van der Waals surface area contributed by atoms with Gasteiger partial charge in [0.1, 0.15) is 0 Å². The Labute approximate surface area is 83.3 Å². The summed E-state index contributed by atoms with van der Waals surface area (Å²) < 4.78 is 24.2. The van der Waals surface area contributed by atoms with Crippen LogP contribution in [0.4, 0.5) is 8.78 Å². The van der Waals surface area contributed by atoms with Gasteiger partial charge in [0.25, 0.3) is 5.91 Å². The zero-order valence-corrected chi connectivity index (χ0v) is 8.67. The first-order valence-corrected chi connectivity index (χ1v) is 5.07. The van der Waals surface area contributed by atoms with Gasteiger partial charge in [-0.2, -0.15) is 8.78 Å². The molecule has 14 heavy (non-hydrogen) atoms. The van der Waals surface area contributed by atoms with Crippen molar-refractivity contribution in [2.24, 2.45) is 5.92 Å². The lowest BCUT2D eigenvalue weighted by atomic mass is 9.87. The molecule has 0 saturated heterocycles. The molecule has 1 aliphatic rings. The summed E-state index contributed by atoms with van der Waals surface area (Å²) in [4.78, 5) is 12.2. The molecule has 1 amide bonds. The number of amides is 1. The maximum absolute atomic E-state index is 12.1. The molecule has 4 heteroatoms. The Morgan fingerprint density at radius 3 is 2.21 bits per heavy atom. The van der Waals surface area contributed by atoms with Crippen molar-refractivity contribution in [3.8, 4) is 0 Å². The second kappa shape index (κ2) is 4.71. The molecule has 0 spiro atoms. The van der Waals surface area contributed by atoms with E-state index in [1.165, 1.54) is 11.9 Å². The molecule has 1 rings (SSSR count). The maximum Gasteiger partial charge on any atom is 0.315 e. The molecular weight excluding hydrogens is 188 g/mol. The number of hydrogen-bond donors (Lipinski definition) is 0. The standard InChI is InChI=1S/C10H17F2NO/c1-7-3-5-8(6-4-7)13(2)10(14)9(11)12/h7-9H,3-6H2,1-2H3. The summed E-state index contributed by atoms with van der Waals surface area (Å²) in [6, 6.07) is 0.0210. The van der Waals surface area contributed by atoms with Gasteiger partial charge in [-0.15, -0.1) is 0 Å². The number of carbonyl (C=O) groups is 1. The van der Waals surface area contributed by atoms with E-state index in [-0.39, 0.29) is 6.04 Å². The highest BCUT2D eigenvalue weighted by molar-refractivity contribution is 5.79. The quantitative estimate of drug-likeness (QED) is 0.677.